The Bertz CT molecular complexity index is 1130. The molecule has 0 unspecified atom stereocenters. The van der Waals surface area contributed by atoms with Crippen LogP contribution in [0.3, 0.4) is 0 Å². The molecular formula is C36H43N3. The third-order valence-electron chi connectivity index (χ3n) is 7.76. The van der Waals surface area contributed by atoms with Gasteiger partial charge < -0.3 is 0 Å². The van der Waals surface area contributed by atoms with Gasteiger partial charge in [0.05, 0.1) is 0 Å². The standard InChI is InChI=1S/C36H43N3/c1-36(31-39(27-34-19-10-4-11-20-34)28-35-21-12-5-13-22-35)29-37(25-32-15-6-2-7-16-32)23-14-24-38(30-36)26-33-17-8-3-9-18-33/h2-13,15-22H,14,23-31H2,1H3. The van der Waals surface area contributed by atoms with Crippen LogP contribution in [0, 0.1) is 5.41 Å². The average molecular weight is 518 g/mol. The molecule has 1 aliphatic rings. The first-order valence-electron chi connectivity index (χ1n) is 14.5. The van der Waals surface area contributed by atoms with Crippen LogP contribution in [0.15, 0.2) is 121 Å². The lowest BCUT2D eigenvalue weighted by atomic mass is 9.86. The van der Waals surface area contributed by atoms with Crippen LogP contribution >= 0.6 is 0 Å². The van der Waals surface area contributed by atoms with Crippen molar-refractivity contribution in [3.63, 3.8) is 0 Å². The van der Waals surface area contributed by atoms with Crippen molar-refractivity contribution in [2.45, 2.75) is 39.5 Å². The Labute approximate surface area is 235 Å². The normalized spacial score (nSPS) is 16.6. The molecule has 4 aromatic rings. The molecule has 0 saturated carbocycles. The highest BCUT2D eigenvalue weighted by Gasteiger charge is 2.33. The van der Waals surface area contributed by atoms with Crippen molar-refractivity contribution in [1.29, 1.82) is 0 Å². The van der Waals surface area contributed by atoms with Crippen molar-refractivity contribution < 1.29 is 0 Å². The summed E-state index contributed by atoms with van der Waals surface area (Å²) >= 11 is 0. The molecule has 0 amide bonds. The lowest BCUT2D eigenvalue weighted by molar-refractivity contribution is 0.0367. The fourth-order valence-electron chi connectivity index (χ4n) is 6.25. The minimum atomic E-state index is 0.119. The first-order chi connectivity index (χ1) is 19.1. The lowest BCUT2D eigenvalue weighted by Gasteiger charge is -2.44. The van der Waals surface area contributed by atoms with Gasteiger partial charge in [-0.1, -0.05) is 128 Å². The Kier molecular flexibility index (Phi) is 9.61. The van der Waals surface area contributed by atoms with Gasteiger partial charge in [-0.15, -0.1) is 0 Å². The van der Waals surface area contributed by atoms with Crippen LogP contribution in [-0.2, 0) is 26.2 Å². The van der Waals surface area contributed by atoms with Crippen LogP contribution in [0.2, 0.25) is 0 Å². The van der Waals surface area contributed by atoms with E-state index in [1.54, 1.807) is 0 Å². The maximum absolute atomic E-state index is 2.71. The molecule has 0 radical (unpaired) electrons. The van der Waals surface area contributed by atoms with Crippen LogP contribution < -0.4 is 0 Å². The molecule has 1 aliphatic heterocycles. The first kappa shape index (κ1) is 27.3. The van der Waals surface area contributed by atoms with E-state index < -0.39 is 0 Å². The predicted octanol–water partition coefficient (Wildman–Crippen LogP) is 7.10. The Morgan fingerprint density at radius 2 is 0.897 bits per heavy atom. The Hall–Kier alpha value is -3.24. The molecule has 0 aliphatic carbocycles. The molecule has 1 heterocycles. The van der Waals surface area contributed by atoms with E-state index in [0.29, 0.717) is 0 Å². The third-order valence-corrected chi connectivity index (χ3v) is 7.76. The molecule has 1 saturated heterocycles. The van der Waals surface area contributed by atoms with Gasteiger partial charge in [-0.05, 0) is 41.8 Å². The molecule has 3 nitrogen and oxygen atoms in total. The molecule has 202 valence electrons. The van der Waals surface area contributed by atoms with Crippen molar-refractivity contribution in [3.05, 3.63) is 144 Å². The van der Waals surface area contributed by atoms with Gasteiger partial charge in [0.25, 0.3) is 0 Å². The molecule has 3 heteroatoms. The van der Waals surface area contributed by atoms with Crippen molar-refractivity contribution in [2.75, 3.05) is 32.7 Å². The van der Waals surface area contributed by atoms with E-state index in [9.17, 15) is 0 Å². The molecule has 4 aromatic carbocycles. The lowest BCUT2D eigenvalue weighted by Crippen LogP contribution is -2.52. The molecule has 0 aromatic heterocycles. The van der Waals surface area contributed by atoms with Crippen LogP contribution in [0.5, 0.6) is 0 Å². The summed E-state index contributed by atoms with van der Waals surface area (Å²) in [5, 5.41) is 0. The minimum absolute atomic E-state index is 0.119. The summed E-state index contributed by atoms with van der Waals surface area (Å²) in [4.78, 5) is 8.09. The summed E-state index contributed by atoms with van der Waals surface area (Å²) in [6.07, 6.45) is 1.20. The second kappa shape index (κ2) is 13.7. The topological polar surface area (TPSA) is 9.72 Å². The van der Waals surface area contributed by atoms with E-state index in [4.69, 9.17) is 0 Å². The van der Waals surface area contributed by atoms with Gasteiger partial charge >= 0.3 is 0 Å². The molecule has 0 atom stereocenters. The van der Waals surface area contributed by atoms with E-state index in [-0.39, 0.29) is 5.41 Å². The number of nitrogens with zero attached hydrogens (tertiary/aromatic N) is 3. The number of benzene rings is 4. The highest BCUT2D eigenvalue weighted by atomic mass is 15.2. The van der Waals surface area contributed by atoms with Gasteiger partial charge in [-0.3, -0.25) is 14.7 Å². The fourth-order valence-corrected chi connectivity index (χ4v) is 6.25. The van der Waals surface area contributed by atoms with E-state index in [1.807, 2.05) is 0 Å². The van der Waals surface area contributed by atoms with Gasteiger partial charge in [0.1, 0.15) is 0 Å². The van der Waals surface area contributed by atoms with E-state index >= 15 is 0 Å². The molecule has 0 spiro atoms. The number of hydrogen-bond acceptors (Lipinski definition) is 3. The summed E-state index contributed by atoms with van der Waals surface area (Å²) in [7, 11) is 0. The van der Waals surface area contributed by atoms with Gasteiger partial charge in [0.2, 0.25) is 0 Å². The first-order valence-corrected chi connectivity index (χ1v) is 14.5. The monoisotopic (exact) mass is 517 g/mol. The second-order valence-electron chi connectivity index (χ2n) is 11.7. The van der Waals surface area contributed by atoms with E-state index in [1.165, 1.54) is 28.7 Å². The van der Waals surface area contributed by atoms with Crippen molar-refractivity contribution in [2.24, 2.45) is 5.41 Å². The highest BCUT2D eigenvalue weighted by molar-refractivity contribution is 5.18. The SMILES string of the molecule is CC1(CN(Cc2ccccc2)Cc2ccccc2)CN(Cc2ccccc2)CCCN(Cc2ccccc2)C1. The molecular weight excluding hydrogens is 474 g/mol. The molecule has 39 heavy (non-hydrogen) atoms. The van der Waals surface area contributed by atoms with Gasteiger partial charge in [-0.25, -0.2) is 0 Å². The van der Waals surface area contributed by atoms with Crippen LogP contribution in [0.25, 0.3) is 0 Å². The Morgan fingerprint density at radius 3 is 1.28 bits per heavy atom. The second-order valence-corrected chi connectivity index (χ2v) is 11.7. The number of rotatable bonds is 10. The molecule has 0 bridgehead atoms. The van der Waals surface area contributed by atoms with Crippen molar-refractivity contribution in [3.8, 4) is 0 Å². The molecule has 5 rings (SSSR count). The van der Waals surface area contributed by atoms with Crippen LogP contribution in [0.4, 0.5) is 0 Å². The van der Waals surface area contributed by atoms with Gasteiger partial charge in [0.15, 0.2) is 0 Å². The van der Waals surface area contributed by atoms with Gasteiger partial charge in [-0.2, -0.15) is 0 Å². The smallest absolute Gasteiger partial charge is 0.0237 e. The zero-order valence-corrected chi connectivity index (χ0v) is 23.5. The maximum atomic E-state index is 2.71. The van der Waals surface area contributed by atoms with E-state index in [2.05, 4.69) is 143 Å². The fraction of sp³-hybridized carbons (Fsp3) is 0.333. The quantitative estimate of drug-likeness (QED) is 0.222. The number of hydrogen-bond donors (Lipinski definition) is 0. The third kappa shape index (κ3) is 8.63. The molecule has 1 fully saturated rings. The Morgan fingerprint density at radius 1 is 0.538 bits per heavy atom. The maximum Gasteiger partial charge on any atom is 0.0237 e. The highest BCUT2D eigenvalue weighted by Crippen LogP contribution is 2.28. The van der Waals surface area contributed by atoms with Crippen LogP contribution in [-0.4, -0.2) is 47.4 Å². The Balaban J connectivity index is 1.39. The van der Waals surface area contributed by atoms with Crippen LogP contribution in [0.1, 0.15) is 35.6 Å². The molecule has 0 N–H and O–H groups in total. The van der Waals surface area contributed by atoms with Crippen molar-refractivity contribution in [1.82, 2.24) is 14.7 Å². The predicted molar refractivity (Wildman–Crippen MR) is 163 cm³/mol. The largest absolute Gasteiger partial charge is 0.298 e. The average Bonchev–Trinajstić information content (AvgIpc) is 2.94. The van der Waals surface area contributed by atoms with E-state index in [0.717, 1.165) is 58.9 Å². The summed E-state index contributed by atoms with van der Waals surface area (Å²) in [5.74, 6) is 0. The minimum Gasteiger partial charge on any atom is -0.298 e. The summed E-state index contributed by atoms with van der Waals surface area (Å²) < 4.78 is 0. The summed E-state index contributed by atoms with van der Waals surface area (Å²) in [5.41, 5.74) is 5.70. The zero-order chi connectivity index (χ0) is 26.8. The van der Waals surface area contributed by atoms with Crippen molar-refractivity contribution >= 4 is 0 Å². The zero-order valence-electron chi connectivity index (χ0n) is 23.5. The summed E-state index contributed by atoms with van der Waals surface area (Å²) in [6.45, 7) is 12.0. The van der Waals surface area contributed by atoms with Gasteiger partial charge in [0, 0.05) is 51.2 Å². The summed E-state index contributed by atoms with van der Waals surface area (Å²) in [6, 6.07) is 43.9.